The second kappa shape index (κ2) is 14.5. The molecule has 1 unspecified atom stereocenters. The number of rotatable bonds is 11. The van der Waals surface area contributed by atoms with E-state index >= 15 is 0 Å². The summed E-state index contributed by atoms with van der Waals surface area (Å²) < 4.78 is 24.6. The smallest absolute Gasteiger partial charge is 0.192 e. The van der Waals surface area contributed by atoms with Crippen LogP contribution in [0.4, 0.5) is 0 Å². The fourth-order valence-electron chi connectivity index (χ4n) is 5.76. The van der Waals surface area contributed by atoms with Gasteiger partial charge in [0.1, 0.15) is 4.75 Å². The Labute approximate surface area is 286 Å². The molecule has 1 saturated heterocycles. The molecule has 1 fully saturated rings. The molecule has 47 heavy (non-hydrogen) atoms. The van der Waals surface area contributed by atoms with E-state index in [2.05, 4.69) is 81.2 Å². The summed E-state index contributed by atoms with van der Waals surface area (Å²) in [6.07, 6.45) is 5.98. The maximum Gasteiger partial charge on any atom is 0.192 e. The summed E-state index contributed by atoms with van der Waals surface area (Å²) in [5, 5.41) is 9.73. The molecule has 4 heterocycles. The number of fused-ring (bicyclic) bond motifs is 1. The van der Waals surface area contributed by atoms with E-state index in [0.717, 1.165) is 78.1 Å². The fraction of sp³-hybridized carbons (Fsp3) is 0.541. The van der Waals surface area contributed by atoms with Crippen LogP contribution in [0.15, 0.2) is 54.7 Å². The molecule has 2 N–H and O–H groups in total. The molecule has 254 valence electrons. The quantitative estimate of drug-likeness (QED) is 0.122. The molecule has 2 atom stereocenters. The first-order valence-electron chi connectivity index (χ1n) is 17.2. The number of aromatic nitrogens is 4. The molecule has 10 heteroatoms. The first-order chi connectivity index (χ1) is 22.2. The number of piperidine rings is 1. The zero-order valence-corrected chi connectivity index (χ0v) is 31.6. The average Bonchev–Trinajstić information content (AvgIpc) is 3.47. The van der Waals surface area contributed by atoms with Gasteiger partial charge in [0.25, 0.3) is 0 Å². The van der Waals surface area contributed by atoms with E-state index in [-0.39, 0.29) is 15.8 Å². The van der Waals surface area contributed by atoms with Crippen LogP contribution in [0.5, 0.6) is 0 Å². The van der Waals surface area contributed by atoms with Crippen LogP contribution < -0.4 is 10.0 Å². The predicted molar refractivity (Wildman–Crippen MR) is 198 cm³/mol. The molecular formula is C37H54N6O2SSi. The highest BCUT2D eigenvalue weighted by Gasteiger charge is 2.37. The normalized spacial score (nSPS) is 16.5. The number of pyridine rings is 2. The molecule has 0 amide bonds. The molecule has 3 aromatic heterocycles. The van der Waals surface area contributed by atoms with Crippen molar-refractivity contribution in [3.63, 3.8) is 0 Å². The summed E-state index contributed by atoms with van der Waals surface area (Å²) in [7, 11) is -1.92. The van der Waals surface area contributed by atoms with Gasteiger partial charge in [-0.1, -0.05) is 46.2 Å². The molecule has 0 bridgehead atoms. The van der Waals surface area contributed by atoms with Crippen molar-refractivity contribution in [3.8, 4) is 17.1 Å². The van der Waals surface area contributed by atoms with Gasteiger partial charge in [-0.05, 0) is 119 Å². The van der Waals surface area contributed by atoms with Crippen molar-refractivity contribution in [1.29, 1.82) is 0 Å². The highest BCUT2D eigenvalue weighted by molar-refractivity contribution is 7.90. The number of benzene rings is 1. The summed E-state index contributed by atoms with van der Waals surface area (Å²) >= 11 is -1.20. The minimum Gasteiger partial charge on any atom is -0.598 e. The Balaban J connectivity index is 1.56. The molecule has 4 aromatic rings. The minimum atomic E-state index is -1.92. The summed E-state index contributed by atoms with van der Waals surface area (Å²) in [5.41, 5.74) is 6.11. The van der Waals surface area contributed by atoms with Gasteiger partial charge in [0.15, 0.2) is 14.1 Å². The number of hydrogen-bond donors (Lipinski definition) is 2. The van der Waals surface area contributed by atoms with Gasteiger partial charge in [-0.15, -0.1) is 4.72 Å². The van der Waals surface area contributed by atoms with Crippen molar-refractivity contribution in [3.05, 3.63) is 71.7 Å². The summed E-state index contributed by atoms with van der Waals surface area (Å²) in [4.78, 5) is 10.2. The van der Waals surface area contributed by atoms with Crippen molar-refractivity contribution < 1.29 is 8.98 Å². The third kappa shape index (κ3) is 8.35. The Morgan fingerprint density at radius 3 is 2.45 bits per heavy atom. The van der Waals surface area contributed by atoms with Gasteiger partial charge >= 0.3 is 0 Å². The van der Waals surface area contributed by atoms with Gasteiger partial charge in [0, 0.05) is 22.3 Å². The third-order valence-electron chi connectivity index (χ3n) is 9.70. The van der Waals surface area contributed by atoms with E-state index < -0.39 is 19.7 Å². The fourth-order valence-corrected chi connectivity index (χ4v) is 7.55. The van der Waals surface area contributed by atoms with Crippen LogP contribution in [0, 0.1) is 0 Å². The van der Waals surface area contributed by atoms with Gasteiger partial charge in [-0.2, -0.15) is 5.10 Å². The summed E-state index contributed by atoms with van der Waals surface area (Å²) in [6.45, 7) is 22.0. The van der Waals surface area contributed by atoms with Gasteiger partial charge in [-0.25, -0.2) is 9.67 Å². The van der Waals surface area contributed by atoms with E-state index in [1.165, 1.54) is 5.56 Å². The Morgan fingerprint density at radius 1 is 1.04 bits per heavy atom. The summed E-state index contributed by atoms with van der Waals surface area (Å²) in [6, 6.07) is 16.7. The van der Waals surface area contributed by atoms with Crippen LogP contribution in [-0.4, -0.2) is 50.5 Å². The maximum atomic E-state index is 13.1. The number of hydrogen-bond acceptors (Lipinski definition) is 7. The highest BCUT2D eigenvalue weighted by atomic mass is 32.2. The van der Waals surface area contributed by atoms with Crippen LogP contribution in [0.1, 0.15) is 103 Å². The van der Waals surface area contributed by atoms with Gasteiger partial charge in [0.05, 0.1) is 41.4 Å². The SMILES string of the molecule is CCC[C@H](N[S+]([O-])C(C)(C)C)c1cccc(-c2cc(C3CCNCC3)c3cnn(-c4cccc(CO[Si](C)(C)C(C)(C)C)n4)c3c2)n1. The van der Waals surface area contributed by atoms with Crippen LogP contribution in [-0.2, 0) is 22.4 Å². The van der Waals surface area contributed by atoms with E-state index in [1.807, 2.05) is 49.8 Å². The second-order valence-electron chi connectivity index (χ2n) is 15.4. The number of nitrogens with zero attached hydrogens (tertiary/aromatic N) is 4. The zero-order chi connectivity index (χ0) is 34.0. The second-order valence-corrected chi connectivity index (χ2v) is 22.2. The first kappa shape index (κ1) is 35.7. The minimum absolute atomic E-state index is 0.0985. The molecule has 1 aliphatic heterocycles. The van der Waals surface area contributed by atoms with Crippen molar-refractivity contribution in [2.75, 3.05) is 13.1 Å². The van der Waals surface area contributed by atoms with Crippen LogP contribution in [0.25, 0.3) is 28.0 Å². The van der Waals surface area contributed by atoms with Crippen LogP contribution in [0.3, 0.4) is 0 Å². The Kier molecular flexibility index (Phi) is 11.0. The Hall–Kier alpha value is -2.60. The molecule has 1 aliphatic rings. The third-order valence-corrected chi connectivity index (χ3v) is 15.8. The predicted octanol–water partition coefficient (Wildman–Crippen LogP) is 8.36. The van der Waals surface area contributed by atoms with Gasteiger partial charge < -0.3 is 14.3 Å². The van der Waals surface area contributed by atoms with Gasteiger partial charge in [0.2, 0.25) is 0 Å². The lowest BCUT2D eigenvalue weighted by atomic mass is 9.87. The molecule has 0 saturated carbocycles. The Morgan fingerprint density at radius 2 is 1.77 bits per heavy atom. The van der Waals surface area contributed by atoms with E-state index in [9.17, 15) is 4.55 Å². The van der Waals surface area contributed by atoms with Gasteiger partial charge in [-0.3, -0.25) is 4.98 Å². The number of nitrogens with one attached hydrogen (secondary N) is 2. The molecule has 0 radical (unpaired) electrons. The van der Waals surface area contributed by atoms with E-state index in [0.29, 0.717) is 12.5 Å². The largest absolute Gasteiger partial charge is 0.598 e. The van der Waals surface area contributed by atoms with Crippen molar-refractivity contribution in [2.24, 2.45) is 0 Å². The van der Waals surface area contributed by atoms with Crippen LogP contribution in [0.2, 0.25) is 18.1 Å². The lowest BCUT2D eigenvalue weighted by molar-refractivity contribution is 0.272. The van der Waals surface area contributed by atoms with Crippen molar-refractivity contribution >= 4 is 30.6 Å². The van der Waals surface area contributed by atoms with Crippen molar-refractivity contribution in [2.45, 2.75) is 116 Å². The molecule has 0 spiro atoms. The molecular weight excluding hydrogens is 621 g/mol. The molecule has 0 aliphatic carbocycles. The first-order valence-corrected chi connectivity index (χ1v) is 21.2. The lowest BCUT2D eigenvalue weighted by Gasteiger charge is -2.36. The average molecular weight is 675 g/mol. The Bertz CT molecular complexity index is 1650. The van der Waals surface area contributed by atoms with Crippen LogP contribution >= 0.6 is 0 Å². The zero-order valence-electron chi connectivity index (χ0n) is 29.8. The summed E-state index contributed by atoms with van der Waals surface area (Å²) in [5.74, 6) is 1.21. The highest BCUT2D eigenvalue weighted by Crippen LogP contribution is 2.38. The van der Waals surface area contributed by atoms with Crippen molar-refractivity contribution in [1.82, 2.24) is 29.8 Å². The topological polar surface area (TPSA) is 100.0 Å². The molecule has 8 nitrogen and oxygen atoms in total. The lowest BCUT2D eigenvalue weighted by Crippen LogP contribution is -2.41. The monoisotopic (exact) mass is 674 g/mol. The molecule has 1 aromatic carbocycles. The standard InChI is InChI=1S/C37H54N6O2SSi/c1-10-13-33(42-46(44)36(2,3)4)32-16-12-15-31(41-32)27-22-29(26-18-20-38-21-19-26)30-24-39-43(34(30)23-27)35-17-11-14-28(40-35)25-45-47(8,9)37(5,6)7/h11-12,14-17,22-24,26,33,38,42H,10,13,18-21,25H2,1-9H3/t33-,46?/m0/s1. The van der Waals surface area contributed by atoms with E-state index in [4.69, 9.17) is 19.5 Å². The van der Waals surface area contributed by atoms with E-state index in [1.54, 1.807) is 0 Å². The maximum absolute atomic E-state index is 13.1. The molecule has 5 rings (SSSR count).